The summed E-state index contributed by atoms with van der Waals surface area (Å²) in [7, 11) is 0. The van der Waals surface area contributed by atoms with Crippen LogP contribution in [0.2, 0.25) is 0 Å². The molecule has 2 rings (SSSR count). The van der Waals surface area contributed by atoms with Crippen LogP contribution < -0.4 is 5.32 Å². The van der Waals surface area contributed by atoms with Crippen LogP contribution in [-0.4, -0.2) is 16.9 Å². The maximum atomic E-state index is 12.0. The van der Waals surface area contributed by atoms with E-state index < -0.39 is 0 Å². The zero-order valence-corrected chi connectivity index (χ0v) is 12.4. The lowest BCUT2D eigenvalue weighted by Crippen LogP contribution is -2.37. The van der Waals surface area contributed by atoms with Crippen LogP contribution in [0.25, 0.3) is 0 Å². The molecule has 1 heterocycles. The maximum Gasteiger partial charge on any atom is 0.267 e. The first kappa shape index (κ1) is 13.7. The molecule has 0 aliphatic heterocycles. The fourth-order valence-corrected chi connectivity index (χ4v) is 3.11. The molecule has 3 nitrogen and oxygen atoms in total. The zero-order valence-electron chi connectivity index (χ0n) is 10.8. The largest absolute Gasteiger partial charge is 0.356 e. The highest BCUT2D eigenvalue weighted by atomic mass is 79.9. The van der Waals surface area contributed by atoms with Gasteiger partial charge in [0.2, 0.25) is 0 Å². The molecule has 1 amide bonds. The molecular weight excluding hydrogens is 292 g/mol. The summed E-state index contributed by atoms with van der Waals surface area (Å²) in [6.45, 7) is 2.25. The number of carbonyl (C=O) groups excluding carboxylic acids is 1. The third kappa shape index (κ3) is 3.61. The molecule has 0 saturated heterocycles. The molecule has 2 N–H and O–H groups in total. The van der Waals surface area contributed by atoms with Crippen LogP contribution in [0.3, 0.4) is 0 Å². The number of nitrogens with one attached hydrogen (secondary N) is 2. The van der Waals surface area contributed by atoms with Crippen molar-refractivity contribution in [3.8, 4) is 0 Å². The van der Waals surface area contributed by atoms with Crippen molar-refractivity contribution in [2.24, 2.45) is 5.92 Å². The summed E-state index contributed by atoms with van der Waals surface area (Å²) in [6, 6.07) is 2.17. The Morgan fingerprint density at radius 2 is 2.17 bits per heavy atom. The summed E-state index contributed by atoms with van der Waals surface area (Å²) in [5.41, 5.74) is 0.637. The molecule has 0 aromatic carbocycles. The van der Waals surface area contributed by atoms with Gasteiger partial charge in [0.25, 0.3) is 5.91 Å². The van der Waals surface area contributed by atoms with Crippen molar-refractivity contribution in [3.63, 3.8) is 0 Å². The average Bonchev–Trinajstić information content (AvgIpc) is 2.79. The van der Waals surface area contributed by atoms with Crippen LogP contribution in [0, 0.1) is 5.92 Å². The van der Waals surface area contributed by atoms with E-state index >= 15 is 0 Å². The number of aromatic amines is 1. The fourth-order valence-electron chi connectivity index (χ4n) is 2.77. The highest BCUT2D eigenvalue weighted by molar-refractivity contribution is 9.10. The van der Waals surface area contributed by atoms with Gasteiger partial charge in [-0.1, -0.05) is 19.8 Å². The van der Waals surface area contributed by atoms with Crippen molar-refractivity contribution in [1.29, 1.82) is 0 Å². The molecule has 1 aromatic rings. The SMILES string of the molecule is CCCC1CCC(NC(=O)c2cc(Br)c[nH]2)CC1. The van der Waals surface area contributed by atoms with E-state index in [0.717, 1.165) is 23.2 Å². The average molecular weight is 313 g/mol. The van der Waals surface area contributed by atoms with E-state index in [-0.39, 0.29) is 5.91 Å². The summed E-state index contributed by atoms with van der Waals surface area (Å²) >= 11 is 3.34. The van der Waals surface area contributed by atoms with E-state index in [9.17, 15) is 4.79 Å². The highest BCUT2D eigenvalue weighted by Crippen LogP contribution is 2.27. The minimum absolute atomic E-state index is 0.0136. The number of hydrogen-bond donors (Lipinski definition) is 2. The normalized spacial score (nSPS) is 23.9. The Hall–Kier alpha value is -0.770. The van der Waals surface area contributed by atoms with Crippen molar-refractivity contribution in [2.75, 3.05) is 0 Å². The van der Waals surface area contributed by atoms with Crippen LogP contribution in [0.4, 0.5) is 0 Å². The van der Waals surface area contributed by atoms with E-state index in [2.05, 4.69) is 33.2 Å². The third-order valence-electron chi connectivity index (χ3n) is 3.77. The first-order chi connectivity index (χ1) is 8.69. The lowest BCUT2D eigenvalue weighted by atomic mass is 9.83. The van der Waals surface area contributed by atoms with Crippen LogP contribution in [-0.2, 0) is 0 Å². The van der Waals surface area contributed by atoms with Crippen molar-refractivity contribution in [3.05, 3.63) is 22.4 Å². The number of carbonyl (C=O) groups is 1. The Bertz CT molecular complexity index is 394. The Balaban J connectivity index is 1.79. The minimum Gasteiger partial charge on any atom is -0.356 e. The Morgan fingerprint density at radius 1 is 1.44 bits per heavy atom. The zero-order chi connectivity index (χ0) is 13.0. The summed E-state index contributed by atoms with van der Waals surface area (Å²) in [5.74, 6) is 0.891. The number of hydrogen-bond acceptors (Lipinski definition) is 1. The van der Waals surface area contributed by atoms with Gasteiger partial charge in [0, 0.05) is 16.7 Å². The lowest BCUT2D eigenvalue weighted by Gasteiger charge is -2.28. The van der Waals surface area contributed by atoms with Crippen LogP contribution in [0.15, 0.2) is 16.7 Å². The van der Waals surface area contributed by atoms with Gasteiger partial charge in [0.1, 0.15) is 5.69 Å². The molecule has 0 spiro atoms. The maximum absolute atomic E-state index is 12.0. The molecule has 0 atom stereocenters. The second-order valence-corrected chi connectivity index (χ2v) is 6.13. The first-order valence-electron chi connectivity index (χ1n) is 6.83. The third-order valence-corrected chi connectivity index (χ3v) is 4.23. The van der Waals surface area contributed by atoms with Crippen LogP contribution >= 0.6 is 15.9 Å². The van der Waals surface area contributed by atoms with E-state index in [1.807, 2.05) is 6.07 Å². The lowest BCUT2D eigenvalue weighted by molar-refractivity contribution is 0.0916. The van der Waals surface area contributed by atoms with E-state index in [1.165, 1.54) is 25.7 Å². The number of aromatic nitrogens is 1. The van der Waals surface area contributed by atoms with Crippen molar-refractivity contribution in [1.82, 2.24) is 10.3 Å². The Kier molecular flexibility index (Phi) is 4.87. The van der Waals surface area contributed by atoms with Crippen LogP contribution in [0.1, 0.15) is 55.9 Å². The number of H-pyrrole nitrogens is 1. The summed E-state index contributed by atoms with van der Waals surface area (Å²) in [4.78, 5) is 14.9. The second-order valence-electron chi connectivity index (χ2n) is 5.21. The van der Waals surface area contributed by atoms with Gasteiger partial charge in [-0.3, -0.25) is 4.79 Å². The minimum atomic E-state index is 0.0136. The molecule has 18 heavy (non-hydrogen) atoms. The number of rotatable bonds is 4. The molecule has 1 fully saturated rings. The van der Waals surface area contributed by atoms with Crippen molar-refractivity contribution in [2.45, 2.75) is 51.5 Å². The monoisotopic (exact) mass is 312 g/mol. The molecule has 0 bridgehead atoms. The standard InChI is InChI=1S/C14H21BrN2O/c1-2-3-10-4-6-12(7-5-10)17-14(18)13-8-11(15)9-16-13/h8-10,12,16H,2-7H2,1H3,(H,17,18). The number of amides is 1. The van der Waals surface area contributed by atoms with Gasteiger partial charge in [-0.25, -0.2) is 0 Å². The molecule has 1 aliphatic carbocycles. The first-order valence-corrected chi connectivity index (χ1v) is 7.63. The topological polar surface area (TPSA) is 44.9 Å². The molecule has 1 aromatic heterocycles. The van der Waals surface area contributed by atoms with Gasteiger partial charge in [-0.05, 0) is 53.6 Å². The van der Waals surface area contributed by atoms with Crippen molar-refractivity contribution >= 4 is 21.8 Å². The molecule has 4 heteroatoms. The van der Waals surface area contributed by atoms with Gasteiger partial charge in [-0.2, -0.15) is 0 Å². The summed E-state index contributed by atoms with van der Waals surface area (Å²) in [6.07, 6.45) is 9.16. The molecule has 0 radical (unpaired) electrons. The highest BCUT2D eigenvalue weighted by Gasteiger charge is 2.22. The van der Waals surface area contributed by atoms with E-state index in [4.69, 9.17) is 0 Å². The fraction of sp³-hybridized carbons (Fsp3) is 0.643. The quantitative estimate of drug-likeness (QED) is 0.871. The van der Waals surface area contributed by atoms with Gasteiger partial charge in [0.15, 0.2) is 0 Å². The predicted molar refractivity (Wildman–Crippen MR) is 76.6 cm³/mol. The second kappa shape index (κ2) is 6.41. The molecular formula is C14H21BrN2O. The number of halogens is 1. The van der Waals surface area contributed by atoms with Crippen LogP contribution in [0.5, 0.6) is 0 Å². The Morgan fingerprint density at radius 3 is 2.72 bits per heavy atom. The summed E-state index contributed by atoms with van der Waals surface area (Å²) in [5, 5.41) is 3.12. The summed E-state index contributed by atoms with van der Waals surface area (Å²) < 4.78 is 0.916. The van der Waals surface area contributed by atoms with Crippen molar-refractivity contribution < 1.29 is 4.79 Å². The van der Waals surface area contributed by atoms with E-state index in [0.29, 0.717) is 11.7 Å². The predicted octanol–water partition coefficient (Wildman–Crippen LogP) is 3.87. The molecule has 1 saturated carbocycles. The Labute approximate surface area is 117 Å². The molecule has 100 valence electrons. The van der Waals surface area contributed by atoms with Gasteiger partial charge in [-0.15, -0.1) is 0 Å². The molecule has 0 unspecified atom stereocenters. The van der Waals surface area contributed by atoms with Gasteiger partial charge in [0.05, 0.1) is 0 Å². The molecule has 1 aliphatic rings. The smallest absolute Gasteiger partial charge is 0.267 e. The van der Waals surface area contributed by atoms with E-state index in [1.54, 1.807) is 6.20 Å². The van der Waals surface area contributed by atoms with Gasteiger partial charge >= 0.3 is 0 Å². The van der Waals surface area contributed by atoms with Gasteiger partial charge < -0.3 is 10.3 Å².